The second-order valence-corrected chi connectivity index (χ2v) is 7.71. The molecule has 166 valence electrons. The monoisotopic (exact) mass is 441 g/mol. The maximum atomic E-state index is 12.4. The van der Waals surface area contributed by atoms with Crippen LogP contribution < -0.4 is 15.8 Å². The predicted octanol–water partition coefficient (Wildman–Crippen LogP) is 3.85. The van der Waals surface area contributed by atoms with Crippen molar-refractivity contribution in [2.24, 2.45) is 0 Å². The van der Waals surface area contributed by atoms with E-state index in [2.05, 4.69) is 21.0 Å². The molecule has 1 aromatic heterocycles. The number of hydrogen-bond donors (Lipinski definition) is 2. The fourth-order valence-corrected chi connectivity index (χ4v) is 3.18. The Labute approximate surface area is 191 Å². The standard InChI is InChI=1S/C25H23N5O3/c1-16-6-4-8-20(14-16)25-29-28-24(33-25)18-12-10-17(11-13-18)22(31)26-27-23(32)19-7-5-9-21(15-19)30(2)3/h4-15H,1-3H3,(H,26,31)(H,27,32). The lowest BCUT2D eigenvalue weighted by atomic mass is 10.1. The van der Waals surface area contributed by atoms with Gasteiger partial charge >= 0.3 is 0 Å². The van der Waals surface area contributed by atoms with Crippen molar-refractivity contribution in [2.75, 3.05) is 19.0 Å². The normalized spacial score (nSPS) is 10.5. The van der Waals surface area contributed by atoms with E-state index in [1.54, 1.807) is 42.5 Å². The van der Waals surface area contributed by atoms with Crippen LogP contribution in [-0.4, -0.2) is 36.1 Å². The Morgan fingerprint density at radius 2 is 1.39 bits per heavy atom. The van der Waals surface area contributed by atoms with Gasteiger partial charge in [0.05, 0.1) is 0 Å². The first-order chi connectivity index (χ1) is 15.9. The summed E-state index contributed by atoms with van der Waals surface area (Å²) in [5.41, 5.74) is 9.20. The Kier molecular flexibility index (Phi) is 6.17. The van der Waals surface area contributed by atoms with E-state index in [1.807, 2.05) is 56.3 Å². The Morgan fingerprint density at radius 1 is 0.758 bits per heavy atom. The van der Waals surface area contributed by atoms with Crippen LogP contribution in [0.25, 0.3) is 22.9 Å². The van der Waals surface area contributed by atoms with Gasteiger partial charge in [0.25, 0.3) is 11.8 Å². The van der Waals surface area contributed by atoms with Crippen LogP contribution in [0.3, 0.4) is 0 Å². The van der Waals surface area contributed by atoms with Gasteiger partial charge in [0.2, 0.25) is 11.8 Å². The summed E-state index contributed by atoms with van der Waals surface area (Å²) < 4.78 is 5.78. The minimum absolute atomic E-state index is 0.354. The van der Waals surface area contributed by atoms with E-state index in [9.17, 15) is 9.59 Å². The maximum Gasteiger partial charge on any atom is 0.269 e. The van der Waals surface area contributed by atoms with Gasteiger partial charge in [-0.05, 0) is 61.5 Å². The number of carbonyl (C=O) groups is 2. The maximum absolute atomic E-state index is 12.4. The number of hydrogen-bond acceptors (Lipinski definition) is 6. The third kappa shape index (κ3) is 5.07. The molecule has 0 saturated carbocycles. The summed E-state index contributed by atoms with van der Waals surface area (Å²) in [5, 5.41) is 8.21. The van der Waals surface area contributed by atoms with E-state index in [0.29, 0.717) is 28.5 Å². The van der Waals surface area contributed by atoms with Crippen LogP contribution in [-0.2, 0) is 0 Å². The average Bonchev–Trinajstić information content (AvgIpc) is 3.33. The Morgan fingerprint density at radius 3 is 2.06 bits per heavy atom. The van der Waals surface area contributed by atoms with Gasteiger partial charge in [0.15, 0.2) is 0 Å². The van der Waals surface area contributed by atoms with Crippen molar-refractivity contribution in [3.63, 3.8) is 0 Å². The fourth-order valence-electron chi connectivity index (χ4n) is 3.18. The molecule has 0 unspecified atom stereocenters. The molecule has 33 heavy (non-hydrogen) atoms. The highest BCUT2D eigenvalue weighted by molar-refractivity contribution is 5.99. The molecule has 0 radical (unpaired) electrons. The number of benzene rings is 3. The Balaban J connectivity index is 1.40. The van der Waals surface area contributed by atoms with Crippen molar-refractivity contribution in [1.82, 2.24) is 21.0 Å². The summed E-state index contributed by atoms with van der Waals surface area (Å²) >= 11 is 0. The van der Waals surface area contributed by atoms with E-state index in [4.69, 9.17) is 4.42 Å². The lowest BCUT2D eigenvalue weighted by molar-refractivity contribution is 0.0846. The van der Waals surface area contributed by atoms with Crippen LogP contribution in [0.15, 0.2) is 77.2 Å². The van der Waals surface area contributed by atoms with Crippen molar-refractivity contribution in [2.45, 2.75) is 6.92 Å². The summed E-state index contributed by atoms with van der Waals surface area (Å²) in [6.45, 7) is 1.99. The van der Waals surface area contributed by atoms with Crippen LogP contribution in [0.4, 0.5) is 5.69 Å². The number of aryl methyl sites for hydroxylation is 1. The van der Waals surface area contributed by atoms with E-state index >= 15 is 0 Å². The number of anilines is 1. The van der Waals surface area contributed by atoms with Crippen molar-refractivity contribution >= 4 is 17.5 Å². The minimum Gasteiger partial charge on any atom is -0.416 e. The van der Waals surface area contributed by atoms with Gasteiger partial charge in [0, 0.05) is 42.0 Å². The number of hydrazine groups is 1. The lowest BCUT2D eigenvalue weighted by Gasteiger charge is -2.13. The molecule has 4 aromatic rings. The van der Waals surface area contributed by atoms with Crippen LogP contribution in [0.1, 0.15) is 26.3 Å². The molecule has 0 spiro atoms. The minimum atomic E-state index is -0.440. The number of nitrogens with one attached hydrogen (secondary N) is 2. The third-order valence-corrected chi connectivity index (χ3v) is 5.00. The summed E-state index contributed by atoms with van der Waals surface area (Å²) in [4.78, 5) is 26.7. The number of rotatable bonds is 5. The zero-order valence-electron chi connectivity index (χ0n) is 18.5. The first-order valence-electron chi connectivity index (χ1n) is 10.3. The quantitative estimate of drug-likeness (QED) is 0.456. The van der Waals surface area contributed by atoms with Gasteiger partial charge in [-0.1, -0.05) is 23.8 Å². The smallest absolute Gasteiger partial charge is 0.269 e. The predicted molar refractivity (Wildman–Crippen MR) is 126 cm³/mol. The Bertz CT molecular complexity index is 1300. The van der Waals surface area contributed by atoms with Gasteiger partial charge in [-0.25, -0.2) is 0 Å². The topological polar surface area (TPSA) is 100 Å². The third-order valence-electron chi connectivity index (χ3n) is 5.00. The second kappa shape index (κ2) is 9.35. The highest BCUT2D eigenvalue weighted by Crippen LogP contribution is 2.24. The second-order valence-electron chi connectivity index (χ2n) is 7.71. The van der Waals surface area contributed by atoms with Gasteiger partial charge in [0.1, 0.15) is 0 Å². The fraction of sp³-hybridized carbons (Fsp3) is 0.120. The number of amides is 2. The van der Waals surface area contributed by atoms with E-state index < -0.39 is 11.8 Å². The number of aromatic nitrogens is 2. The first-order valence-corrected chi connectivity index (χ1v) is 10.3. The number of nitrogens with zero attached hydrogens (tertiary/aromatic N) is 3. The van der Waals surface area contributed by atoms with E-state index in [1.165, 1.54) is 0 Å². The molecule has 8 heteroatoms. The molecule has 0 aliphatic carbocycles. The van der Waals surface area contributed by atoms with Crippen LogP contribution in [0.5, 0.6) is 0 Å². The average molecular weight is 441 g/mol. The van der Waals surface area contributed by atoms with E-state index in [-0.39, 0.29) is 0 Å². The molecule has 2 N–H and O–H groups in total. The molecular weight excluding hydrogens is 418 g/mol. The van der Waals surface area contributed by atoms with Crippen molar-refractivity contribution in [1.29, 1.82) is 0 Å². The van der Waals surface area contributed by atoms with E-state index in [0.717, 1.165) is 16.8 Å². The molecule has 2 amide bonds. The van der Waals surface area contributed by atoms with Gasteiger partial charge in [-0.15, -0.1) is 10.2 Å². The van der Waals surface area contributed by atoms with Crippen LogP contribution in [0, 0.1) is 6.92 Å². The molecule has 8 nitrogen and oxygen atoms in total. The summed E-state index contributed by atoms with van der Waals surface area (Å²) in [6, 6.07) is 21.6. The summed E-state index contributed by atoms with van der Waals surface area (Å²) in [7, 11) is 3.78. The molecule has 0 aliphatic rings. The first kappa shape index (κ1) is 21.8. The SMILES string of the molecule is Cc1cccc(-c2nnc(-c3ccc(C(=O)NNC(=O)c4cccc(N(C)C)c4)cc3)o2)c1. The largest absolute Gasteiger partial charge is 0.416 e. The molecule has 0 saturated heterocycles. The lowest BCUT2D eigenvalue weighted by Crippen LogP contribution is -2.41. The molecule has 3 aromatic carbocycles. The van der Waals surface area contributed by atoms with Crippen molar-refractivity contribution < 1.29 is 14.0 Å². The molecular formula is C25H23N5O3. The zero-order valence-corrected chi connectivity index (χ0v) is 18.5. The molecule has 0 atom stereocenters. The molecule has 0 aliphatic heterocycles. The zero-order chi connectivity index (χ0) is 23.4. The molecule has 1 heterocycles. The van der Waals surface area contributed by atoms with Gasteiger partial charge in [-0.2, -0.15) is 0 Å². The molecule has 4 rings (SSSR count). The van der Waals surface area contributed by atoms with Crippen molar-refractivity contribution in [3.8, 4) is 22.9 Å². The summed E-state index contributed by atoms with van der Waals surface area (Å²) in [5.74, 6) is -0.0630. The molecule has 0 fully saturated rings. The summed E-state index contributed by atoms with van der Waals surface area (Å²) in [6.07, 6.45) is 0. The van der Waals surface area contributed by atoms with Crippen molar-refractivity contribution in [3.05, 3.63) is 89.5 Å². The highest BCUT2D eigenvalue weighted by atomic mass is 16.4. The van der Waals surface area contributed by atoms with Gasteiger partial charge in [-0.3, -0.25) is 20.4 Å². The number of carbonyl (C=O) groups excluding carboxylic acids is 2. The van der Waals surface area contributed by atoms with Gasteiger partial charge < -0.3 is 9.32 Å². The van der Waals surface area contributed by atoms with Crippen LogP contribution >= 0.6 is 0 Å². The Hall–Kier alpha value is -4.46. The molecule has 0 bridgehead atoms. The van der Waals surface area contributed by atoms with Crippen LogP contribution in [0.2, 0.25) is 0 Å². The highest BCUT2D eigenvalue weighted by Gasteiger charge is 2.13.